The smallest absolute Gasteiger partial charge is 0.341 e. The fourth-order valence-corrected chi connectivity index (χ4v) is 4.62. The number of anilines is 1. The van der Waals surface area contributed by atoms with Crippen LogP contribution in [0.2, 0.25) is 0 Å². The first-order valence-electron chi connectivity index (χ1n) is 8.08. The Morgan fingerprint density at radius 2 is 1.70 bits per heavy atom. The summed E-state index contributed by atoms with van der Waals surface area (Å²) in [6.07, 6.45) is 0. The van der Waals surface area contributed by atoms with E-state index in [2.05, 4.69) is 31.9 Å². The van der Waals surface area contributed by atoms with Gasteiger partial charge >= 0.3 is 5.97 Å². The third-order valence-corrected chi connectivity index (χ3v) is 6.14. The van der Waals surface area contributed by atoms with Crippen LogP contribution in [0.5, 0.6) is 0 Å². The van der Waals surface area contributed by atoms with E-state index >= 15 is 0 Å². The fraction of sp³-hybridized carbons (Fsp3) is 0.100. The number of hydrogen-bond donors (Lipinski definition) is 1. The third kappa shape index (κ3) is 4.00. The van der Waals surface area contributed by atoms with Crippen molar-refractivity contribution in [2.75, 3.05) is 12.3 Å². The van der Waals surface area contributed by atoms with E-state index in [0.29, 0.717) is 10.4 Å². The molecule has 0 aliphatic rings. The van der Waals surface area contributed by atoms with Crippen molar-refractivity contribution < 1.29 is 14.3 Å². The van der Waals surface area contributed by atoms with Crippen LogP contribution < -0.4 is 5.73 Å². The highest BCUT2D eigenvalue weighted by Gasteiger charge is 2.30. The molecule has 1 heterocycles. The topological polar surface area (TPSA) is 69.4 Å². The van der Waals surface area contributed by atoms with Gasteiger partial charge in [-0.2, -0.15) is 0 Å². The summed E-state index contributed by atoms with van der Waals surface area (Å²) in [5.41, 5.74) is 7.80. The minimum absolute atomic E-state index is 0.125. The minimum atomic E-state index is -0.593. The third-order valence-electron chi connectivity index (χ3n) is 3.87. The van der Waals surface area contributed by atoms with Crippen molar-refractivity contribution in [3.05, 3.63) is 74.2 Å². The fourth-order valence-electron chi connectivity index (χ4n) is 2.65. The monoisotopic (exact) mass is 507 g/mol. The standard InChI is InChI=1S/C20H15Br2NO3S/c1-2-26-20(25)16-15(17(24)11-7-9-12(21)10-8-11)18(27-19(16)23)13-5-3-4-6-14(13)22/h3-10H,2,23H2,1H3. The van der Waals surface area contributed by atoms with Crippen molar-refractivity contribution in [1.29, 1.82) is 0 Å². The number of ether oxygens (including phenoxy) is 1. The van der Waals surface area contributed by atoms with Gasteiger partial charge in [-0.25, -0.2) is 4.79 Å². The van der Waals surface area contributed by atoms with Crippen molar-refractivity contribution >= 4 is 60.0 Å². The summed E-state index contributed by atoms with van der Waals surface area (Å²) < 4.78 is 6.82. The second-order valence-corrected chi connectivity index (χ2v) is 8.40. The summed E-state index contributed by atoms with van der Waals surface area (Å²) in [5.74, 6) is -0.866. The van der Waals surface area contributed by atoms with E-state index in [-0.39, 0.29) is 28.5 Å². The first-order valence-corrected chi connectivity index (χ1v) is 10.5. The van der Waals surface area contributed by atoms with Gasteiger partial charge in [0.05, 0.1) is 12.2 Å². The second kappa shape index (κ2) is 8.37. The Hall–Kier alpha value is -1.96. The van der Waals surface area contributed by atoms with Crippen LogP contribution in [0.3, 0.4) is 0 Å². The van der Waals surface area contributed by atoms with Crippen molar-refractivity contribution in [1.82, 2.24) is 0 Å². The number of esters is 1. The molecule has 0 saturated heterocycles. The van der Waals surface area contributed by atoms with Crippen molar-refractivity contribution in [2.45, 2.75) is 6.92 Å². The summed E-state index contributed by atoms with van der Waals surface area (Å²) in [5, 5.41) is 0.264. The van der Waals surface area contributed by atoms with Gasteiger partial charge in [0.2, 0.25) is 0 Å². The van der Waals surface area contributed by atoms with Crippen molar-refractivity contribution in [3.8, 4) is 10.4 Å². The number of benzene rings is 2. The van der Waals surface area contributed by atoms with E-state index in [1.54, 1.807) is 31.2 Å². The Bertz CT molecular complexity index is 1010. The van der Waals surface area contributed by atoms with Crippen LogP contribution in [0.25, 0.3) is 10.4 Å². The average Bonchev–Trinajstić information content (AvgIpc) is 2.99. The number of hydrogen-bond acceptors (Lipinski definition) is 5. The van der Waals surface area contributed by atoms with Crippen molar-refractivity contribution in [3.63, 3.8) is 0 Å². The lowest BCUT2D eigenvalue weighted by Crippen LogP contribution is -2.13. The highest BCUT2D eigenvalue weighted by Crippen LogP contribution is 2.42. The van der Waals surface area contributed by atoms with Gasteiger partial charge in [-0.15, -0.1) is 11.3 Å². The zero-order chi connectivity index (χ0) is 19.6. The molecule has 0 aliphatic heterocycles. The van der Waals surface area contributed by atoms with Gasteiger partial charge in [0.1, 0.15) is 10.6 Å². The minimum Gasteiger partial charge on any atom is -0.462 e. The molecule has 0 saturated carbocycles. The van der Waals surface area contributed by atoms with E-state index in [1.165, 1.54) is 11.3 Å². The molecule has 4 nitrogen and oxygen atoms in total. The molecule has 138 valence electrons. The lowest BCUT2D eigenvalue weighted by molar-refractivity contribution is 0.0525. The maximum absolute atomic E-state index is 13.3. The highest BCUT2D eigenvalue weighted by molar-refractivity contribution is 9.10. The molecule has 1 aromatic heterocycles. The summed E-state index contributed by atoms with van der Waals surface area (Å²) in [4.78, 5) is 26.5. The van der Waals surface area contributed by atoms with Crippen LogP contribution in [-0.4, -0.2) is 18.4 Å². The molecule has 7 heteroatoms. The van der Waals surface area contributed by atoms with Crippen LogP contribution in [0.4, 0.5) is 5.00 Å². The SMILES string of the molecule is CCOC(=O)c1c(N)sc(-c2ccccc2Br)c1C(=O)c1ccc(Br)cc1. The van der Waals surface area contributed by atoms with Gasteiger partial charge in [0.15, 0.2) is 5.78 Å². The van der Waals surface area contributed by atoms with Gasteiger partial charge in [0, 0.05) is 24.9 Å². The molecule has 0 spiro atoms. The van der Waals surface area contributed by atoms with Gasteiger partial charge in [-0.05, 0) is 37.3 Å². The highest BCUT2D eigenvalue weighted by atomic mass is 79.9. The van der Waals surface area contributed by atoms with E-state index in [9.17, 15) is 9.59 Å². The number of carbonyl (C=O) groups is 2. The average molecular weight is 509 g/mol. The molecule has 0 bridgehead atoms. The number of rotatable bonds is 5. The molecule has 0 unspecified atom stereocenters. The number of nitrogen functional groups attached to an aromatic ring is 1. The Kier molecular flexibility index (Phi) is 6.14. The first kappa shape index (κ1) is 19.8. The lowest BCUT2D eigenvalue weighted by Gasteiger charge is -2.09. The molecule has 0 fully saturated rings. The van der Waals surface area contributed by atoms with E-state index in [4.69, 9.17) is 10.5 Å². The van der Waals surface area contributed by atoms with E-state index in [0.717, 1.165) is 14.5 Å². The number of nitrogens with two attached hydrogens (primary N) is 1. The van der Waals surface area contributed by atoms with Gasteiger partial charge in [0.25, 0.3) is 0 Å². The summed E-state index contributed by atoms with van der Waals surface area (Å²) in [7, 11) is 0. The number of carbonyl (C=O) groups excluding carboxylic acids is 2. The molecule has 27 heavy (non-hydrogen) atoms. The maximum atomic E-state index is 13.3. The molecule has 0 radical (unpaired) electrons. The Labute approximate surface area is 177 Å². The second-order valence-electron chi connectivity index (χ2n) is 5.58. The Morgan fingerprint density at radius 3 is 2.33 bits per heavy atom. The lowest BCUT2D eigenvalue weighted by atomic mass is 9.97. The van der Waals surface area contributed by atoms with Gasteiger partial charge in [-0.1, -0.05) is 50.1 Å². The van der Waals surface area contributed by atoms with Crippen LogP contribution >= 0.6 is 43.2 Å². The predicted octanol–water partition coefficient (Wildman–Crippen LogP) is 5.93. The van der Waals surface area contributed by atoms with E-state index < -0.39 is 5.97 Å². The van der Waals surface area contributed by atoms with Gasteiger partial charge < -0.3 is 10.5 Å². The molecule has 0 aliphatic carbocycles. The summed E-state index contributed by atoms with van der Waals surface area (Å²) in [6, 6.07) is 14.5. The molecule has 0 atom stereocenters. The van der Waals surface area contributed by atoms with E-state index in [1.807, 2.05) is 24.3 Å². The maximum Gasteiger partial charge on any atom is 0.341 e. The summed E-state index contributed by atoms with van der Waals surface area (Å²) >= 11 is 8.09. The molecular weight excluding hydrogens is 494 g/mol. The van der Waals surface area contributed by atoms with Crippen LogP contribution in [-0.2, 0) is 4.74 Å². The Morgan fingerprint density at radius 1 is 1.04 bits per heavy atom. The number of halogens is 2. The molecule has 0 amide bonds. The largest absolute Gasteiger partial charge is 0.462 e. The van der Waals surface area contributed by atoms with Crippen molar-refractivity contribution in [2.24, 2.45) is 0 Å². The Balaban J connectivity index is 2.25. The normalized spacial score (nSPS) is 10.6. The molecule has 2 aromatic carbocycles. The summed E-state index contributed by atoms with van der Waals surface area (Å²) in [6.45, 7) is 1.91. The molecular formula is C20H15Br2NO3S. The molecule has 3 aromatic rings. The van der Waals surface area contributed by atoms with Crippen LogP contribution in [0.1, 0.15) is 33.2 Å². The number of thiophene rings is 1. The van der Waals surface area contributed by atoms with Crippen LogP contribution in [0.15, 0.2) is 57.5 Å². The molecule has 2 N–H and O–H groups in total. The zero-order valence-electron chi connectivity index (χ0n) is 14.3. The van der Waals surface area contributed by atoms with Crippen LogP contribution in [0, 0.1) is 0 Å². The quantitative estimate of drug-likeness (QED) is 0.342. The van der Waals surface area contributed by atoms with Gasteiger partial charge in [-0.3, -0.25) is 4.79 Å². The predicted molar refractivity (Wildman–Crippen MR) is 115 cm³/mol. The first-order chi connectivity index (χ1) is 12.9. The zero-order valence-corrected chi connectivity index (χ0v) is 18.3. The molecule has 3 rings (SSSR count). The number of ketones is 1.